The molecule has 0 unspecified atom stereocenters. The molecule has 1 aromatic carbocycles. The highest BCUT2D eigenvalue weighted by atomic mass is 16.3. The Bertz CT molecular complexity index is 757. The number of hydrogen-bond donors (Lipinski definition) is 1. The summed E-state index contributed by atoms with van der Waals surface area (Å²) in [6.07, 6.45) is 1.46. The van der Waals surface area contributed by atoms with E-state index in [1.165, 1.54) is 6.20 Å². The number of hydrogen-bond acceptors (Lipinski definition) is 4. The average Bonchev–Trinajstić information content (AvgIpc) is 2.81. The van der Waals surface area contributed by atoms with Gasteiger partial charge in [0.2, 0.25) is 5.78 Å². The van der Waals surface area contributed by atoms with Gasteiger partial charge in [-0.15, -0.1) is 0 Å². The van der Waals surface area contributed by atoms with Crippen LogP contribution in [-0.4, -0.2) is 10.8 Å². The topological polar surface area (TPSA) is 69.1 Å². The monoisotopic (exact) mass is 252 g/mol. The van der Waals surface area contributed by atoms with Gasteiger partial charge in [0.1, 0.15) is 11.3 Å². The maximum Gasteiger partial charge on any atom is 0.246 e. The molecular weight excluding hydrogens is 240 g/mol. The van der Waals surface area contributed by atoms with Crippen molar-refractivity contribution < 1.29 is 9.21 Å². The van der Waals surface area contributed by atoms with Gasteiger partial charge in [-0.25, -0.2) is 0 Å². The van der Waals surface area contributed by atoms with E-state index >= 15 is 0 Å². The Balaban J connectivity index is 2.04. The molecule has 0 aliphatic rings. The van der Waals surface area contributed by atoms with Gasteiger partial charge in [-0.3, -0.25) is 9.78 Å². The number of aryl methyl sites for hydroxylation is 1. The van der Waals surface area contributed by atoms with E-state index in [9.17, 15) is 4.79 Å². The lowest BCUT2D eigenvalue weighted by Gasteiger charge is -1.96. The van der Waals surface area contributed by atoms with Gasteiger partial charge in [0.25, 0.3) is 0 Å². The van der Waals surface area contributed by atoms with Crippen LogP contribution in [0.1, 0.15) is 21.8 Å². The number of fused-ring (bicyclic) bond motifs is 1. The van der Waals surface area contributed by atoms with Crippen LogP contribution in [0, 0.1) is 6.92 Å². The molecule has 4 heteroatoms. The number of nitrogens with zero attached hydrogens (tertiary/aromatic N) is 1. The highest BCUT2D eigenvalue weighted by Gasteiger charge is 2.15. The largest absolute Gasteiger partial charge is 0.453 e. The SMILES string of the molecule is Cc1ccc2oc(C(=O)c3ccc(N)cn3)cc2c1. The second kappa shape index (κ2) is 4.24. The molecule has 0 aliphatic carbocycles. The number of aromatic nitrogens is 1. The molecule has 2 heterocycles. The van der Waals surface area contributed by atoms with Crippen molar-refractivity contribution >= 4 is 22.4 Å². The van der Waals surface area contributed by atoms with Gasteiger partial charge in [-0.05, 0) is 37.3 Å². The molecule has 0 fully saturated rings. The molecule has 94 valence electrons. The number of carbonyl (C=O) groups is 1. The third-order valence-electron chi connectivity index (χ3n) is 2.91. The third kappa shape index (κ3) is 2.08. The number of nitrogen functional groups attached to an aromatic ring is 1. The molecule has 0 bridgehead atoms. The number of anilines is 1. The van der Waals surface area contributed by atoms with Crippen LogP contribution in [0.2, 0.25) is 0 Å². The highest BCUT2D eigenvalue weighted by Crippen LogP contribution is 2.22. The summed E-state index contributed by atoms with van der Waals surface area (Å²) in [7, 11) is 0. The Kier molecular flexibility index (Phi) is 2.56. The minimum atomic E-state index is -0.242. The van der Waals surface area contributed by atoms with Crippen molar-refractivity contribution in [2.45, 2.75) is 6.92 Å². The van der Waals surface area contributed by atoms with Gasteiger partial charge < -0.3 is 10.2 Å². The fourth-order valence-corrected chi connectivity index (χ4v) is 1.94. The molecule has 0 radical (unpaired) electrons. The Morgan fingerprint density at radius 1 is 1.21 bits per heavy atom. The minimum absolute atomic E-state index is 0.242. The zero-order chi connectivity index (χ0) is 13.4. The molecule has 0 saturated heterocycles. The second-order valence-electron chi connectivity index (χ2n) is 4.46. The van der Waals surface area contributed by atoms with E-state index in [0.29, 0.717) is 17.0 Å². The Labute approximate surface area is 109 Å². The molecule has 3 aromatic rings. The van der Waals surface area contributed by atoms with Gasteiger partial charge in [0.15, 0.2) is 5.76 Å². The van der Waals surface area contributed by atoms with Crippen molar-refractivity contribution in [3.05, 3.63) is 59.6 Å². The summed E-state index contributed by atoms with van der Waals surface area (Å²) in [5, 5.41) is 0.916. The van der Waals surface area contributed by atoms with Crippen LogP contribution in [0.15, 0.2) is 47.0 Å². The van der Waals surface area contributed by atoms with E-state index in [1.807, 2.05) is 25.1 Å². The van der Waals surface area contributed by atoms with E-state index < -0.39 is 0 Å². The maximum atomic E-state index is 12.2. The number of ketones is 1. The number of rotatable bonds is 2. The van der Waals surface area contributed by atoms with Crippen molar-refractivity contribution in [2.24, 2.45) is 0 Å². The summed E-state index contributed by atoms with van der Waals surface area (Å²) in [6.45, 7) is 2.00. The lowest BCUT2D eigenvalue weighted by molar-refractivity contribution is 0.101. The predicted molar refractivity (Wildman–Crippen MR) is 73.0 cm³/mol. The normalized spacial score (nSPS) is 10.8. The molecule has 2 aromatic heterocycles. The van der Waals surface area contributed by atoms with Crippen molar-refractivity contribution in [1.29, 1.82) is 0 Å². The van der Waals surface area contributed by atoms with E-state index in [0.717, 1.165) is 10.9 Å². The van der Waals surface area contributed by atoms with Crippen molar-refractivity contribution in [3.63, 3.8) is 0 Å². The quantitative estimate of drug-likeness (QED) is 0.712. The maximum absolute atomic E-state index is 12.2. The second-order valence-corrected chi connectivity index (χ2v) is 4.46. The van der Waals surface area contributed by atoms with E-state index in [4.69, 9.17) is 10.2 Å². The molecule has 2 N–H and O–H groups in total. The highest BCUT2D eigenvalue weighted by molar-refractivity contribution is 6.07. The summed E-state index contributed by atoms with van der Waals surface area (Å²) in [5.74, 6) is 0.0479. The van der Waals surface area contributed by atoms with Gasteiger partial charge in [-0.2, -0.15) is 0 Å². The summed E-state index contributed by atoms with van der Waals surface area (Å²) in [4.78, 5) is 16.2. The number of furan rings is 1. The standard InChI is InChI=1S/C15H12N2O2/c1-9-2-5-13-10(6-9)7-14(19-13)15(18)12-4-3-11(16)8-17-12/h2-8H,16H2,1H3. The molecule has 0 aliphatic heterocycles. The molecule has 0 amide bonds. The van der Waals surface area contributed by atoms with Crippen molar-refractivity contribution in [3.8, 4) is 0 Å². The number of pyridine rings is 1. The van der Waals surface area contributed by atoms with Gasteiger partial charge in [0, 0.05) is 5.39 Å². The summed E-state index contributed by atoms with van der Waals surface area (Å²) >= 11 is 0. The predicted octanol–water partition coefficient (Wildman–Crippen LogP) is 2.95. The summed E-state index contributed by atoms with van der Waals surface area (Å²) < 4.78 is 5.55. The molecule has 19 heavy (non-hydrogen) atoms. The zero-order valence-corrected chi connectivity index (χ0v) is 10.4. The van der Waals surface area contributed by atoms with Gasteiger partial charge in [0.05, 0.1) is 11.9 Å². The van der Waals surface area contributed by atoms with Crippen LogP contribution in [0.25, 0.3) is 11.0 Å². The van der Waals surface area contributed by atoms with Crippen LogP contribution < -0.4 is 5.73 Å². The molecule has 0 atom stereocenters. The summed E-state index contributed by atoms with van der Waals surface area (Å²) in [5.41, 5.74) is 8.22. The fraction of sp³-hybridized carbons (Fsp3) is 0.0667. The Morgan fingerprint density at radius 3 is 2.79 bits per heavy atom. The first kappa shape index (κ1) is 11.5. The Hall–Kier alpha value is -2.62. The van der Waals surface area contributed by atoms with E-state index in [2.05, 4.69) is 4.98 Å². The van der Waals surface area contributed by atoms with E-state index in [-0.39, 0.29) is 11.5 Å². The average molecular weight is 252 g/mol. The summed E-state index contributed by atoms with van der Waals surface area (Å²) in [6, 6.07) is 10.8. The first-order valence-corrected chi connectivity index (χ1v) is 5.90. The minimum Gasteiger partial charge on any atom is -0.453 e. The molecule has 3 rings (SSSR count). The van der Waals surface area contributed by atoms with Crippen LogP contribution >= 0.6 is 0 Å². The molecule has 0 saturated carbocycles. The third-order valence-corrected chi connectivity index (χ3v) is 2.91. The molecular formula is C15H12N2O2. The van der Waals surface area contributed by atoms with Crippen LogP contribution in [0.3, 0.4) is 0 Å². The van der Waals surface area contributed by atoms with Crippen molar-refractivity contribution in [1.82, 2.24) is 4.98 Å². The van der Waals surface area contributed by atoms with Gasteiger partial charge >= 0.3 is 0 Å². The van der Waals surface area contributed by atoms with Gasteiger partial charge in [-0.1, -0.05) is 11.6 Å². The number of carbonyl (C=O) groups excluding carboxylic acids is 1. The lowest BCUT2D eigenvalue weighted by atomic mass is 10.1. The van der Waals surface area contributed by atoms with Crippen LogP contribution in [0.4, 0.5) is 5.69 Å². The smallest absolute Gasteiger partial charge is 0.246 e. The molecule has 4 nitrogen and oxygen atoms in total. The van der Waals surface area contributed by atoms with Crippen LogP contribution in [0.5, 0.6) is 0 Å². The first-order valence-electron chi connectivity index (χ1n) is 5.90. The first-order chi connectivity index (χ1) is 9.13. The number of nitrogens with two attached hydrogens (primary N) is 1. The Morgan fingerprint density at radius 2 is 2.05 bits per heavy atom. The van der Waals surface area contributed by atoms with Crippen LogP contribution in [-0.2, 0) is 0 Å². The van der Waals surface area contributed by atoms with E-state index in [1.54, 1.807) is 18.2 Å². The van der Waals surface area contributed by atoms with Crippen molar-refractivity contribution in [2.75, 3.05) is 5.73 Å². The fourth-order valence-electron chi connectivity index (χ4n) is 1.94. The zero-order valence-electron chi connectivity index (χ0n) is 10.4. The number of benzene rings is 1. The molecule has 0 spiro atoms. The lowest BCUT2D eigenvalue weighted by Crippen LogP contribution is -2.02.